The van der Waals surface area contributed by atoms with Crippen LogP contribution in [-0.2, 0) is 0 Å². The molecule has 2 aromatic carbocycles. The van der Waals surface area contributed by atoms with Gasteiger partial charge in [0.25, 0.3) is 0 Å². The molecule has 0 spiro atoms. The van der Waals surface area contributed by atoms with E-state index in [0.717, 1.165) is 22.3 Å². The molecule has 2 aromatic rings. The minimum Gasteiger partial charge on any atom is -0.508 e. The molecular weight excluding hydrogens is 240 g/mol. The Hall–Kier alpha value is -2.42. The van der Waals surface area contributed by atoms with Gasteiger partial charge in [-0.3, -0.25) is 0 Å². The predicted molar refractivity (Wildman–Crippen MR) is 74.2 cm³/mol. The van der Waals surface area contributed by atoms with Gasteiger partial charge in [-0.1, -0.05) is 24.3 Å². The maximum Gasteiger partial charge on any atom is 0.168 e. The molecule has 96 valence electrons. The lowest BCUT2D eigenvalue weighted by Crippen LogP contribution is -2.09. The SMILES string of the molecule is CC1=C(c2cccc(O)c2)COc2c(O)cccc21. The molecule has 3 heteroatoms. The van der Waals surface area contributed by atoms with Crippen LogP contribution < -0.4 is 4.74 Å². The molecule has 19 heavy (non-hydrogen) atoms. The summed E-state index contributed by atoms with van der Waals surface area (Å²) < 4.78 is 5.64. The highest BCUT2D eigenvalue weighted by Gasteiger charge is 2.20. The highest BCUT2D eigenvalue weighted by Crippen LogP contribution is 2.41. The average Bonchev–Trinajstić information content (AvgIpc) is 2.40. The van der Waals surface area contributed by atoms with Gasteiger partial charge in [0, 0.05) is 11.1 Å². The monoisotopic (exact) mass is 254 g/mol. The van der Waals surface area contributed by atoms with E-state index in [1.54, 1.807) is 24.3 Å². The minimum absolute atomic E-state index is 0.159. The molecule has 2 N–H and O–H groups in total. The first-order valence-electron chi connectivity index (χ1n) is 6.11. The summed E-state index contributed by atoms with van der Waals surface area (Å²) in [5.41, 5.74) is 3.91. The van der Waals surface area contributed by atoms with Crippen molar-refractivity contribution in [2.24, 2.45) is 0 Å². The van der Waals surface area contributed by atoms with E-state index in [1.807, 2.05) is 25.1 Å². The second-order valence-electron chi connectivity index (χ2n) is 4.60. The molecule has 3 nitrogen and oxygen atoms in total. The van der Waals surface area contributed by atoms with Crippen LogP contribution >= 0.6 is 0 Å². The first-order valence-corrected chi connectivity index (χ1v) is 6.11. The van der Waals surface area contributed by atoms with Crippen LogP contribution in [0.15, 0.2) is 42.5 Å². The number of benzene rings is 2. The lowest BCUT2D eigenvalue weighted by atomic mass is 9.93. The van der Waals surface area contributed by atoms with Crippen molar-refractivity contribution in [1.29, 1.82) is 0 Å². The zero-order valence-electron chi connectivity index (χ0n) is 10.6. The van der Waals surface area contributed by atoms with Crippen LogP contribution in [0.4, 0.5) is 0 Å². The summed E-state index contributed by atoms with van der Waals surface area (Å²) >= 11 is 0. The van der Waals surface area contributed by atoms with Crippen LogP contribution in [-0.4, -0.2) is 16.8 Å². The zero-order valence-corrected chi connectivity index (χ0v) is 10.6. The number of hydrogen-bond acceptors (Lipinski definition) is 3. The summed E-state index contributed by atoms with van der Waals surface area (Å²) in [6.45, 7) is 2.39. The number of phenols is 2. The van der Waals surface area contributed by atoms with E-state index in [4.69, 9.17) is 4.74 Å². The number of fused-ring (bicyclic) bond motifs is 1. The Kier molecular flexibility index (Phi) is 2.67. The molecule has 0 aromatic heterocycles. The summed E-state index contributed by atoms with van der Waals surface area (Å²) in [5.74, 6) is 0.926. The molecule has 0 aliphatic carbocycles. The normalized spacial score (nSPS) is 13.9. The Bertz CT molecular complexity index is 671. The highest BCUT2D eigenvalue weighted by molar-refractivity contribution is 5.94. The van der Waals surface area contributed by atoms with Gasteiger partial charge in [0.1, 0.15) is 12.4 Å². The van der Waals surface area contributed by atoms with Crippen molar-refractivity contribution >= 4 is 11.1 Å². The summed E-state index contributed by atoms with van der Waals surface area (Å²) in [4.78, 5) is 0. The van der Waals surface area contributed by atoms with Crippen molar-refractivity contribution in [1.82, 2.24) is 0 Å². The summed E-state index contributed by atoms with van der Waals surface area (Å²) in [7, 11) is 0. The standard InChI is InChI=1S/C16H14O3/c1-10-13-6-3-7-15(18)16(13)19-9-14(10)11-4-2-5-12(17)8-11/h2-8,17-18H,9H2,1H3. The van der Waals surface area contributed by atoms with Gasteiger partial charge in [-0.05, 0) is 36.3 Å². The number of allylic oxidation sites excluding steroid dienone is 1. The van der Waals surface area contributed by atoms with Crippen molar-refractivity contribution in [3.05, 3.63) is 53.6 Å². The Balaban J connectivity index is 2.16. The van der Waals surface area contributed by atoms with Crippen LogP contribution in [0.3, 0.4) is 0 Å². The second kappa shape index (κ2) is 4.35. The molecule has 0 saturated heterocycles. The Morgan fingerprint density at radius 2 is 1.84 bits per heavy atom. The number of ether oxygens (including phenoxy) is 1. The maximum atomic E-state index is 9.79. The van der Waals surface area contributed by atoms with Crippen molar-refractivity contribution in [3.63, 3.8) is 0 Å². The molecule has 0 amide bonds. The van der Waals surface area contributed by atoms with Gasteiger partial charge in [0.2, 0.25) is 0 Å². The van der Waals surface area contributed by atoms with Gasteiger partial charge in [0.05, 0.1) is 0 Å². The largest absolute Gasteiger partial charge is 0.508 e. The average molecular weight is 254 g/mol. The Morgan fingerprint density at radius 3 is 2.63 bits per heavy atom. The van der Waals surface area contributed by atoms with E-state index in [2.05, 4.69) is 0 Å². The fourth-order valence-corrected chi connectivity index (χ4v) is 2.38. The molecule has 0 atom stereocenters. The van der Waals surface area contributed by atoms with E-state index >= 15 is 0 Å². The first kappa shape index (κ1) is 11.7. The van der Waals surface area contributed by atoms with Gasteiger partial charge in [-0.25, -0.2) is 0 Å². The smallest absolute Gasteiger partial charge is 0.168 e. The van der Waals surface area contributed by atoms with E-state index in [0.29, 0.717) is 12.4 Å². The lowest BCUT2D eigenvalue weighted by molar-refractivity contribution is 0.337. The highest BCUT2D eigenvalue weighted by atomic mass is 16.5. The van der Waals surface area contributed by atoms with E-state index in [9.17, 15) is 10.2 Å². The third kappa shape index (κ3) is 1.93. The second-order valence-corrected chi connectivity index (χ2v) is 4.60. The third-order valence-electron chi connectivity index (χ3n) is 3.41. The van der Waals surface area contributed by atoms with Crippen molar-refractivity contribution in [2.45, 2.75) is 6.92 Å². The molecular formula is C16H14O3. The number of rotatable bonds is 1. The van der Waals surface area contributed by atoms with Gasteiger partial charge in [0.15, 0.2) is 11.5 Å². The molecule has 1 aliphatic heterocycles. The number of hydrogen-bond donors (Lipinski definition) is 2. The van der Waals surface area contributed by atoms with Gasteiger partial charge < -0.3 is 14.9 Å². The van der Waals surface area contributed by atoms with Crippen LogP contribution in [0.25, 0.3) is 11.1 Å². The molecule has 0 fully saturated rings. The molecule has 0 bridgehead atoms. The van der Waals surface area contributed by atoms with E-state index in [-0.39, 0.29) is 11.5 Å². The molecule has 3 rings (SSSR count). The molecule has 0 radical (unpaired) electrons. The van der Waals surface area contributed by atoms with Crippen molar-refractivity contribution in [3.8, 4) is 17.2 Å². The zero-order chi connectivity index (χ0) is 13.4. The third-order valence-corrected chi connectivity index (χ3v) is 3.41. The fraction of sp³-hybridized carbons (Fsp3) is 0.125. The van der Waals surface area contributed by atoms with Crippen molar-refractivity contribution in [2.75, 3.05) is 6.61 Å². The van der Waals surface area contributed by atoms with Crippen LogP contribution in [0.5, 0.6) is 17.2 Å². The van der Waals surface area contributed by atoms with Crippen molar-refractivity contribution < 1.29 is 14.9 Å². The minimum atomic E-state index is 0.159. The van der Waals surface area contributed by atoms with Crippen LogP contribution in [0, 0.1) is 0 Å². The topological polar surface area (TPSA) is 49.7 Å². The van der Waals surface area contributed by atoms with Crippen LogP contribution in [0.2, 0.25) is 0 Å². The van der Waals surface area contributed by atoms with E-state index in [1.165, 1.54) is 0 Å². The van der Waals surface area contributed by atoms with E-state index < -0.39 is 0 Å². The molecule has 0 saturated carbocycles. The van der Waals surface area contributed by atoms with Gasteiger partial charge >= 0.3 is 0 Å². The Morgan fingerprint density at radius 1 is 1.05 bits per heavy atom. The number of phenolic OH excluding ortho intramolecular Hbond substituents is 2. The molecule has 0 unspecified atom stereocenters. The Labute approximate surface area is 111 Å². The maximum absolute atomic E-state index is 9.79. The number of para-hydroxylation sites is 1. The van der Waals surface area contributed by atoms with Gasteiger partial charge in [-0.15, -0.1) is 0 Å². The first-order chi connectivity index (χ1) is 9.16. The quantitative estimate of drug-likeness (QED) is 0.819. The van der Waals surface area contributed by atoms with Crippen LogP contribution in [0.1, 0.15) is 18.1 Å². The summed E-state index contributed by atoms with van der Waals surface area (Å²) in [5, 5.41) is 19.4. The lowest BCUT2D eigenvalue weighted by Gasteiger charge is -2.23. The predicted octanol–water partition coefficient (Wildman–Crippen LogP) is 3.42. The summed E-state index contributed by atoms with van der Waals surface area (Å²) in [6, 6.07) is 12.4. The van der Waals surface area contributed by atoms with Gasteiger partial charge in [-0.2, -0.15) is 0 Å². The summed E-state index contributed by atoms with van der Waals surface area (Å²) in [6.07, 6.45) is 0. The molecule has 1 heterocycles. The fourth-order valence-electron chi connectivity index (χ4n) is 2.38. The number of aromatic hydroxyl groups is 2. The molecule has 1 aliphatic rings.